The van der Waals surface area contributed by atoms with Crippen LogP contribution < -0.4 is 5.32 Å². The summed E-state index contributed by atoms with van der Waals surface area (Å²) in [4.78, 5) is 45.0. The standard InChI is InChI=1S/C28H41ClN4O5/c1-19(2)23(30-24(34)20-9-11-32(17-20)26(36)31-13-15-38-16-14-31)25(35)33-12-10-28(37,27(3,4)18-33)21-5-7-22(29)8-6-21/h5-8,19-20,23,37H,9-18H2,1-4H3,(H,30,34)/t20-,23-,28+/m1/s1. The van der Waals surface area contributed by atoms with Gasteiger partial charge in [0.15, 0.2) is 0 Å². The van der Waals surface area contributed by atoms with Crippen molar-refractivity contribution >= 4 is 29.4 Å². The first-order chi connectivity index (χ1) is 17.9. The van der Waals surface area contributed by atoms with Gasteiger partial charge in [0.25, 0.3) is 0 Å². The molecule has 3 saturated heterocycles. The summed E-state index contributed by atoms with van der Waals surface area (Å²) >= 11 is 6.05. The molecule has 0 saturated carbocycles. The highest BCUT2D eigenvalue weighted by molar-refractivity contribution is 6.30. The monoisotopic (exact) mass is 548 g/mol. The number of halogens is 1. The van der Waals surface area contributed by atoms with Crippen molar-refractivity contribution in [3.05, 3.63) is 34.9 Å². The molecule has 9 nitrogen and oxygen atoms in total. The maximum Gasteiger partial charge on any atom is 0.320 e. The quantitative estimate of drug-likeness (QED) is 0.589. The van der Waals surface area contributed by atoms with E-state index >= 15 is 0 Å². The molecule has 3 heterocycles. The predicted molar refractivity (Wildman–Crippen MR) is 145 cm³/mol. The lowest BCUT2D eigenvalue weighted by Crippen LogP contribution is -2.60. The molecule has 210 valence electrons. The highest BCUT2D eigenvalue weighted by atomic mass is 35.5. The van der Waals surface area contributed by atoms with Crippen LogP contribution in [0.2, 0.25) is 5.02 Å². The van der Waals surface area contributed by atoms with E-state index in [9.17, 15) is 19.5 Å². The number of hydrogen-bond donors (Lipinski definition) is 2. The van der Waals surface area contributed by atoms with Crippen LogP contribution in [-0.2, 0) is 19.9 Å². The van der Waals surface area contributed by atoms with Gasteiger partial charge < -0.3 is 29.9 Å². The van der Waals surface area contributed by atoms with Crippen LogP contribution in [-0.4, -0.2) is 96.2 Å². The van der Waals surface area contributed by atoms with Gasteiger partial charge in [0.2, 0.25) is 11.8 Å². The number of benzene rings is 1. The summed E-state index contributed by atoms with van der Waals surface area (Å²) in [6, 6.07) is 6.49. The second-order valence-corrected chi connectivity index (χ2v) is 12.2. The number of nitrogens with zero attached hydrogens (tertiary/aromatic N) is 3. The Morgan fingerprint density at radius 2 is 1.68 bits per heavy atom. The molecule has 2 N–H and O–H groups in total. The molecular weight excluding hydrogens is 508 g/mol. The van der Waals surface area contributed by atoms with Gasteiger partial charge in [-0.3, -0.25) is 9.59 Å². The number of carbonyl (C=O) groups is 3. The Balaban J connectivity index is 1.38. The van der Waals surface area contributed by atoms with Crippen LogP contribution in [0.1, 0.15) is 46.1 Å². The van der Waals surface area contributed by atoms with Gasteiger partial charge in [0.1, 0.15) is 6.04 Å². The lowest BCUT2D eigenvalue weighted by atomic mass is 9.66. The Kier molecular flexibility index (Phi) is 8.59. The molecule has 3 aliphatic rings. The number of piperidine rings is 1. The van der Waals surface area contributed by atoms with Gasteiger partial charge in [-0.1, -0.05) is 51.4 Å². The van der Waals surface area contributed by atoms with Crippen molar-refractivity contribution in [2.24, 2.45) is 17.3 Å². The first-order valence-electron chi connectivity index (χ1n) is 13.6. The molecule has 3 aliphatic heterocycles. The summed E-state index contributed by atoms with van der Waals surface area (Å²) in [7, 11) is 0. The lowest BCUT2D eigenvalue weighted by molar-refractivity contribution is -0.157. The van der Waals surface area contributed by atoms with E-state index in [1.165, 1.54) is 0 Å². The number of ether oxygens (including phenoxy) is 1. The van der Waals surface area contributed by atoms with Crippen molar-refractivity contribution in [3.63, 3.8) is 0 Å². The van der Waals surface area contributed by atoms with Crippen LogP contribution in [0.3, 0.4) is 0 Å². The van der Waals surface area contributed by atoms with Crippen molar-refractivity contribution < 1.29 is 24.2 Å². The van der Waals surface area contributed by atoms with E-state index < -0.39 is 17.1 Å². The normalized spacial score (nSPS) is 26.4. The highest BCUT2D eigenvalue weighted by Crippen LogP contribution is 2.46. The summed E-state index contributed by atoms with van der Waals surface area (Å²) in [5, 5.41) is 15.3. The Labute approximate surface area is 230 Å². The van der Waals surface area contributed by atoms with E-state index in [4.69, 9.17) is 16.3 Å². The SMILES string of the molecule is CC(C)[C@@H](NC(=O)[C@@H]1CCN(C(=O)N2CCOCC2)C1)C(=O)N1CC[C@](O)(c2ccc(Cl)cc2)C(C)(C)C1. The Morgan fingerprint density at radius 1 is 1.03 bits per heavy atom. The molecule has 38 heavy (non-hydrogen) atoms. The second kappa shape index (κ2) is 11.4. The number of aliphatic hydroxyl groups is 1. The van der Waals surface area contributed by atoms with Gasteiger partial charge >= 0.3 is 6.03 Å². The molecule has 0 radical (unpaired) electrons. The average Bonchev–Trinajstić information content (AvgIpc) is 3.39. The first kappa shape index (κ1) is 28.6. The Hall–Kier alpha value is -2.36. The van der Waals surface area contributed by atoms with Crippen LogP contribution in [0.4, 0.5) is 4.79 Å². The topological polar surface area (TPSA) is 102 Å². The molecule has 1 aromatic carbocycles. The van der Waals surface area contributed by atoms with Gasteiger partial charge in [0.05, 0.1) is 24.7 Å². The fourth-order valence-corrected chi connectivity index (χ4v) is 5.98. The van der Waals surface area contributed by atoms with E-state index in [1.54, 1.807) is 26.8 Å². The molecule has 3 fully saturated rings. The van der Waals surface area contributed by atoms with Crippen molar-refractivity contribution in [3.8, 4) is 0 Å². The second-order valence-electron chi connectivity index (χ2n) is 11.8. The molecular formula is C28H41ClN4O5. The molecule has 3 atom stereocenters. The van der Waals surface area contributed by atoms with Gasteiger partial charge in [-0.25, -0.2) is 4.79 Å². The maximum atomic E-state index is 13.7. The molecule has 4 amide bonds. The summed E-state index contributed by atoms with van der Waals surface area (Å²) in [6.45, 7) is 11.6. The highest BCUT2D eigenvalue weighted by Gasteiger charge is 2.50. The van der Waals surface area contributed by atoms with E-state index in [1.807, 2.05) is 39.8 Å². The molecule has 0 aromatic heterocycles. The van der Waals surface area contributed by atoms with E-state index in [-0.39, 0.29) is 29.7 Å². The van der Waals surface area contributed by atoms with E-state index in [0.717, 1.165) is 5.56 Å². The minimum Gasteiger partial charge on any atom is -0.384 e. The Morgan fingerprint density at radius 3 is 2.29 bits per heavy atom. The minimum atomic E-state index is -1.11. The van der Waals surface area contributed by atoms with Crippen molar-refractivity contribution in [2.45, 2.75) is 52.2 Å². The number of amides is 4. The third-order valence-corrected chi connectivity index (χ3v) is 8.68. The summed E-state index contributed by atoms with van der Waals surface area (Å²) in [5.74, 6) is -0.789. The first-order valence-corrected chi connectivity index (χ1v) is 14.0. The van der Waals surface area contributed by atoms with Crippen LogP contribution in [0, 0.1) is 17.3 Å². The molecule has 0 spiro atoms. The largest absolute Gasteiger partial charge is 0.384 e. The number of rotatable bonds is 5. The third-order valence-electron chi connectivity index (χ3n) is 8.42. The zero-order chi connectivity index (χ0) is 27.7. The van der Waals surface area contributed by atoms with Crippen LogP contribution in [0.25, 0.3) is 0 Å². The molecule has 1 aromatic rings. The zero-order valence-electron chi connectivity index (χ0n) is 22.9. The smallest absolute Gasteiger partial charge is 0.320 e. The fraction of sp³-hybridized carbons (Fsp3) is 0.679. The third kappa shape index (κ3) is 5.80. The molecule has 10 heteroatoms. The van der Waals surface area contributed by atoms with Crippen molar-refractivity contribution in [2.75, 3.05) is 52.5 Å². The predicted octanol–water partition coefficient (Wildman–Crippen LogP) is 2.70. The number of carbonyl (C=O) groups excluding carboxylic acids is 3. The fourth-order valence-electron chi connectivity index (χ4n) is 5.85. The van der Waals surface area contributed by atoms with Crippen molar-refractivity contribution in [1.82, 2.24) is 20.0 Å². The molecule has 0 bridgehead atoms. The van der Waals surface area contributed by atoms with Crippen LogP contribution in [0.5, 0.6) is 0 Å². The number of nitrogens with one attached hydrogen (secondary N) is 1. The number of hydrogen-bond acceptors (Lipinski definition) is 5. The minimum absolute atomic E-state index is 0.0520. The maximum absolute atomic E-state index is 13.7. The summed E-state index contributed by atoms with van der Waals surface area (Å²) in [6.07, 6.45) is 0.957. The summed E-state index contributed by atoms with van der Waals surface area (Å²) < 4.78 is 5.33. The molecule has 0 unspecified atom stereocenters. The van der Waals surface area contributed by atoms with Gasteiger partial charge in [-0.05, 0) is 36.5 Å². The van der Waals surface area contributed by atoms with Gasteiger partial charge in [-0.15, -0.1) is 0 Å². The molecule has 4 rings (SSSR count). The number of morpholine rings is 1. The Bertz CT molecular complexity index is 1030. The summed E-state index contributed by atoms with van der Waals surface area (Å²) in [5.41, 5.74) is -0.942. The zero-order valence-corrected chi connectivity index (χ0v) is 23.7. The number of likely N-dealkylation sites (tertiary alicyclic amines) is 2. The van der Waals surface area contributed by atoms with Crippen LogP contribution >= 0.6 is 11.6 Å². The van der Waals surface area contributed by atoms with Gasteiger partial charge in [-0.2, -0.15) is 0 Å². The van der Waals surface area contributed by atoms with E-state index in [2.05, 4.69) is 5.32 Å². The lowest BCUT2D eigenvalue weighted by Gasteiger charge is -2.51. The number of urea groups is 1. The molecule has 0 aliphatic carbocycles. The van der Waals surface area contributed by atoms with E-state index in [0.29, 0.717) is 70.3 Å². The van der Waals surface area contributed by atoms with Crippen LogP contribution in [0.15, 0.2) is 24.3 Å². The van der Waals surface area contributed by atoms with Gasteiger partial charge in [0, 0.05) is 49.7 Å². The average molecular weight is 549 g/mol. The van der Waals surface area contributed by atoms with Crippen molar-refractivity contribution in [1.29, 1.82) is 0 Å².